The molecule has 2 aromatic rings. The highest BCUT2D eigenvalue weighted by molar-refractivity contribution is 5.86. The van der Waals surface area contributed by atoms with E-state index in [4.69, 9.17) is 10.8 Å². The fraction of sp³-hybridized carbons (Fsp3) is 0. The van der Waals surface area contributed by atoms with E-state index in [1.807, 2.05) is 0 Å². The van der Waals surface area contributed by atoms with Crippen molar-refractivity contribution in [1.82, 2.24) is 19.7 Å². The van der Waals surface area contributed by atoms with E-state index in [9.17, 15) is 4.79 Å². The van der Waals surface area contributed by atoms with Gasteiger partial charge in [0.2, 0.25) is 0 Å². The molecule has 0 fully saturated rings. The van der Waals surface area contributed by atoms with Crippen LogP contribution in [0.15, 0.2) is 24.8 Å². The minimum absolute atomic E-state index is 0.0791. The van der Waals surface area contributed by atoms with E-state index in [1.54, 1.807) is 0 Å². The zero-order valence-electron chi connectivity index (χ0n) is 7.53. The quantitative estimate of drug-likeness (QED) is 0.711. The van der Waals surface area contributed by atoms with Crippen molar-refractivity contribution in [2.45, 2.75) is 0 Å². The maximum absolute atomic E-state index is 10.6. The van der Waals surface area contributed by atoms with E-state index in [-0.39, 0.29) is 11.5 Å². The van der Waals surface area contributed by atoms with Crippen LogP contribution in [0.1, 0.15) is 10.4 Å². The fourth-order valence-electron chi connectivity index (χ4n) is 0.992. The van der Waals surface area contributed by atoms with E-state index in [1.165, 1.54) is 29.5 Å². The van der Waals surface area contributed by atoms with E-state index in [2.05, 4.69) is 15.1 Å². The minimum atomic E-state index is -1.04. The second kappa shape index (κ2) is 3.37. The van der Waals surface area contributed by atoms with Crippen molar-refractivity contribution in [3.05, 3.63) is 30.4 Å². The van der Waals surface area contributed by atoms with Gasteiger partial charge in [-0.1, -0.05) is 0 Å². The summed E-state index contributed by atoms with van der Waals surface area (Å²) >= 11 is 0. The Kier molecular flexibility index (Phi) is 2.05. The summed E-state index contributed by atoms with van der Waals surface area (Å²) in [5.74, 6) is -0.770. The molecule has 2 rings (SSSR count). The Labute approximate surface area is 84.2 Å². The summed E-state index contributed by atoms with van der Waals surface area (Å²) in [6, 6.07) is 0. The van der Waals surface area contributed by atoms with Gasteiger partial charge in [0.1, 0.15) is 0 Å². The third kappa shape index (κ3) is 1.75. The molecule has 0 bridgehead atoms. The lowest BCUT2D eigenvalue weighted by molar-refractivity contribution is 0.0697. The standard InChI is InChI=1S/C8H7N5O2/c9-6-2-10-8(11-3-6)13-4-5(1-12-13)7(14)15/h1-4H,9H2,(H,14,15). The number of nitrogens with zero attached hydrogens (tertiary/aromatic N) is 4. The van der Waals surface area contributed by atoms with Crippen molar-refractivity contribution in [3.63, 3.8) is 0 Å². The van der Waals surface area contributed by atoms with Gasteiger partial charge in [0.25, 0.3) is 5.95 Å². The van der Waals surface area contributed by atoms with Gasteiger partial charge in [-0.15, -0.1) is 0 Å². The molecule has 7 heteroatoms. The third-order valence-electron chi connectivity index (χ3n) is 1.69. The summed E-state index contributed by atoms with van der Waals surface area (Å²) in [4.78, 5) is 18.4. The Balaban J connectivity index is 2.37. The molecule has 0 radical (unpaired) electrons. The van der Waals surface area contributed by atoms with Crippen LogP contribution in [0.5, 0.6) is 0 Å². The van der Waals surface area contributed by atoms with Crippen molar-refractivity contribution in [2.75, 3.05) is 5.73 Å². The number of carbonyl (C=O) groups is 1. The maximum atomic E-state index is 10.6. The Morgan fingerprint density at radius 1 is 1.33 bits per heavy atom. The lowest BCUT2D eigenvalue weighted by Gasteiger charge is -1.97. The average molecular weight is 205 g/mol. The maximum Gasteiger partial charge on any atom is 0.338 e. The molecule has 0 saturated heterocycles. The van der Waals surface area contributed by atoms with Crippen molar-refractivity contribution in [3.8, 4) is 5.95 Å². The third-order valence-corrected chi connectivity index (χ3v) is 1.69. The van der Waals surface area contributed by atoms with Gasteiger partial charge in [-0.3, -0.25) is 0 Å². The Bertz CT molecular complexity index is 490. The van der Waals surface area contributed by atoms with E-state index in [0.29, 0.717) is 5.69 Å². The second-order valence-electron chi connectivity index (χ2n) is 2.80. The van der Waals surface area contributed by atoms with Crippen LogP contribution in [-0.4, -0.2) is 30.8 Å². The number of carboxylic acid groups (broad SMARTS) is 1. The normalized spacial score (nSPS) is 10.1. The van der Waals surface area contributed by atoms with Gasteiger partial charge in [0.05, 0.1) is 29.8 Å². The number of rotatable bonds is 2. The van der Waals surface area contributed by atoms with Gasteiger partial charge in [-0.25, -0.2) is 19.4 Å². The van der Waals surface area contributed by atoms with Crippen LogP contribution >= 0.6 is 0 Å². The Hall–Kier alpha value is -2.44. The first kappa shape index (κ1) is 9.13. The molecule has 0 spiro atoms. The largest absolute Gasteiger partial charge is 0.478 e. The molecule has 3 N–H and O–H groups in total. The summed E-state index contributed by atoms with van der Waals surface area (Å²) < 4.78 is 1.27. The highest BCUT2D eigenvalue weighted by atomic mass is 16.4. The molecule has 0 amide bonds. The lowest BCUT2D eigenvalue weighted by Crippen LogP contribution is -2.02. The lowest BCUT2D eigenvalue weighted by atomic mass is 10.4. The number of hydrogen-bond donors (Lipinski definition) is 2. The highest BCUT2D eigenvalue weighted by Crippen LogP contribution is 2.04. The number of aromatic carboxylic acids is 1. The molecule has 76 valence electrons. The fourth-order valence-corrected chi connectivity index (χ4v) is 0.992. The molecule has 0 aliphatic carbocycles. The molecular weight excluding hydrogens is 198 g/mol. The van der Waals surface area contributed by atoms with E-state index in [0.717, 1.165) is 0 Å². The molecule has 0 aliphatic heterocycles. The Morgan fingerprint density at radius 3 is 2.53 bits per heavy atom. The predicted molar refractivity (Wildman–Crippen MR) is 50.5 cm³/mol. The summed E-state index contributed by atoms with van der Waals surface area (Å²) in [6.07, 6.45) is 5.39. The predicted octanol–water partition coefficient (Wildman–Crippen LogP) is -0.0573. The monoisotopic (exact) mass is 205 g/mol. The molecule has 2 aromatic heterocycles. The second-order valence-corrected chi connectivity index (χ2v) is 2.80. The first-order chi connectivity index (χ1) is 7.16. The summed E-state index contributed by atoms with van der Waals surface area (Å²) in [5.41, 5.74) is 5.92. The van der Waals surface area contributed by atoms with Crippen molar-refractivity contribution >= 4 is 11.7 Å². The topological polar surface area (TPSA) is 107 Å². The van der Waals surface area contributed by atoms with Crippen LogP contribution < -0.4 is 5.73 Å². The van der Waals surface area contributed by atoms with Crippen LogP contribution in [-0.2, 0) is 0 Å². The van der Waals surface area contributed by atoms with Crippen LogP contribution in [0.4, 0.5) is 5.69 Å². The van der Waals surface area contributed by atoms with Crippen molar-refractivity contribution < 1.29 is 9.90 Å². The van der Waals surface area contributed by atoms with Gasteiger partial charge in [0, 0.05) is 6.20 Å². The summed E-state index contributed by atoms with van der Waals surface area (Å²) in [7, 11) is 0. The van der Waals surface area contributed by atoms with Gasteiger partial charge in [-0.05, 0) is 0 Å². The summed E-state index contributed by atoms with van der Waals surface area (Å²) in [5, 5.41) is 12.5. The van der Waals surface area contributed by atoms with Gasteiger partial charge < -0.3 is 10.8 Å². The van der Waals surface area contributed by atoms with Gasteiger partial charge in [0.15, 0.2) is 0 Å². The zero-order valence-corrected chi connectivity index (χ0v) is 7.53. The number of anilines is 1. The molecule has 0 saturated carbocycles. The average Bonchev–Trinajstić information content (AvgIpc) is 2.68. The molecule has 0 atom stereocenters. The number of hydrogen-bond acceptors (Lipinski definition) is 5. The van der Waals surface area contributed by atoms with Gasteiger partial charge >= 0.3 is 5.97 Å². The molecule has 0 aromatic carbocycles. The molecule has 0 unspecified atom stereocenters. The van der Waals surface area contributed by atoms with Gasteiger partial charge in [-0.2, -0.15) is 5.10 Å². The van der Waals surface area contributed by atoms with Crippen LogP contribution in [0.3, 0.4) is 0 Å². The van der Waals surface area contributed by atoms with Crippen molar-refractivity contribution in [2.24, 2.45) is 0 Å². The van der Waals surface area contributed by atoms with E-state index >= 15 is 0 Å². The van der Waals surface area contributed by atoms with Crippen LogP contribution in [0.25, 0.3) is 5.95 Å². The molecule has 7 nitrogen and oxygen atoms in total. The molecule has 2 heterocycles. The SMILES string of the molecule is Nc1cnc(-n2cc(C(=O)O)cn2)nc1. The minimum Gasteiger partial charge on any atom is -0.478 e. The highest BCUT2D eigenvalue weighted by Gasteiger charge is 2.08. The number of nitrogen functional groups attached to an aromatic ring is 1. The molecule has 0 aliphatic rings. The smallest absolute Gasteiger partial charge is 0.338 e. The number of aromatic nitrogens is 4. The number of carboxylic acids is 1. The van der Waals surface area contributed by atoms with Crippen LogP contribution in [0.2, 0.25) is 0 Å². The molecule has 15 heavy (non-hydrogen) atoms. The number of nitrogens with two attached hydrogens (primary N) is 1. The van der Waals surface area contributed by atoms with E-state index < -0.39 is 5.97 Å². The van der Waals surface area contributed by atoms with Crippen LogP contribution in [0, 0.1) is 0 Å². The summed E-state index contributed by atoms with van der Waals surface area (Å²) in [6.45, 7) is 0. The first-order valence-electron chi connectivity index (χ1n) is 4.02. The molecular formula is C8H7N5O2. The Morgan fingerprint density at radius 2 is 2.00 bits per heavy atom. The first-order valence-corrected chi connectivity index (χ1v) is 4.02. The zero-order chi connectivity index (χ0) is 10.8. The van der Waals surface area contributed by atoms with Crippen molar-refractivity contribution in [1.29, 1.82) is 0 Å².